The van der Waals surface area contributed by atoms with Gasteiger partial charge >= 0.3 is 5.97 Å². The van der Waals surface area contributed by atoms with Crippen molar-refractivity contribution in [1.29, 1.82) is 0 Å². The summed E-state index contributed by atoms with van der Waals surface area (Å²) in [5.74, 6) is 1.89. The lowest BCUT2D eigenvalue weighted by molar-refractivity contribution is -0.157. The molecular weight excluding hydrogens is 420 g/mol. The molecule has 0 spiro atoms. The maximum absolute atomic E-state index is 13.1. The van der Waals surface area contributed by atoms with E-state index in [1.54, 1.807) is 11.1 Å². The Bertz CT molecular complexity index is 855. The van der Waals surface area contributed by atoms with E-state index in [2.05, 4.69) is 48.5 Å². The minimum absolute atomic E-state index is 0.0505. The second-order valence-corrected chi connectivity index (χ2v) is 13.7. The minimum Gasteiger partial charge on any atom is -0.468 e. The zero-order valence-corrected chi connectivity index (χ0v) is 23.3. The summed E-state index contributed by atoms with van der Waals surface area (Å²) in [5, 5.41) is 0. The van der Waals surface area contributed by atoms with Gasteiger partial charge in [0.1, 0.15) is 11.7 Å². The molecule has 0 saturated heterocycles. The molecule has 0 amide bonds. The van der Waals surface area contributed by atoms with Gasteiger partial charge in [0, 0.05) is 5.92 Å². The second kappa shape index (κ2) is 9.07. The van der Waals surface area contributed by atoms with Crippen LogP contribution in [0.25, 0.3) is 0 Å². The fourth-order valence-corrected chi connectivity index (χ4v) is 9.60. The van der Waals surface area contributed by atoms with Crippen molar-refractivity contribution in [2.45, 2.75) is 113 Å². The van der Waals surface area contributed by atoms with Crippen LogP contribution < -0.4 is 0 Å². The Morgan fingerprint density at radius 2 is 1.74 bits per heavy atom. The highest BCUT2D eigenvalue weighted by Gasteiger charge is 2.63. The highest BCUT2D eigenvalue weighted by atomic mass is 16.5. The molecule has 8 atom stereocenters. The molecule has 3 nitrogen and oxygen atoms in total. The van der Waals surface area contributed by atoms with Gasteiger partial charge in [-0.25, -0.2) is 0 Å². The van der Waals surface area contributed by atoms with Crippen LogP contribution in [0.1, 0.15) is 113 Å². The number of rotatable bonds is 6. The van der Waals surface area contributed by atoms with E-state index in [1.807, 2.05) is 0 Å². The molecule has 2 fully saturated rings. The molecule has 0 aliphatic heterocycles. The van der Waals surface area contributed by atoms with E-state index in [-0.39, 0.29) is 28.5 Å². The standard InChI is InChI=1S/C31H50O3/c1-19(2)10-9-11-20(3)23-14-16-31(7)26-13-12-24-21(4)27(32)22(28(33)34-8)18-29(24,5)25(26)15-17-30(23,31)6/h19-24H,9-18H2,1-8H3/t20-,21-,22+,23-,24-,29-,30+,31-/m0/s1. The van der Waals surface area contributed by atoms with Gasteiger partial charge in [0.2, 0.25) is 0 Å². The number of carbonyl (C=O) groups excluding carboxylic acids is 2. The first-order valence-electron chi connectivity index (χ1n) is 14.2. The smallest absolute Gasteiger partial charge is 0.316 e. The molecule has 3 heteroatoms. The third kappa shape index (κ3) is 3.74. The molecule has 0 aromatic rings. The molecule has 0 N–H and O–H groups in total. The van der Waals surface area contributed by atoms with Crippen LogP contribution in [0.2, 0.25) is 0 Å². The quantitative estimate of drug-likeness (QED) is 0.226. The summed E-state index contributed by atoms with van der Waals surface area (Å²) in [7, 11) is 1.42. The van der Waals surface area contributed by atoms with Crippen LogP contribution >= 0.6 is 0 Å². The molecule has 0 radical (unpaired) electrons. The van der Waals surface area contributed by atoms with Gasteiger partial charge in [-0.05, 0) is 84.9 Å². The van der Waals surface area contributed by atoms with Crippen molar-refractivity contribution < 1.29 is 14.3 Å². The molecule has 34 heavy (non-hydrogen) atoms. The zero-order chi connectivity index (χ0) is 25.1. The Morgan fingerprint density at radius 3 is 2.38 bits per heavy atom. The first-order chi connectivity index (χ1) is 15.9. The molecule has 0 aromatic heterocycles. The first-order valence-corrected chi connectivity index (χ1v) is 14.2. The Hall–Kier alpha value is -1.12. The van der Waals surface area contributed by atoms with Crippen molar-refractivity contribution in [3.8, 4) is 0 Å². The van der Waals surface area contributed by atoms with Gasteiger partial charge in [0.15, 0.2) is 0 Å². The summed E-state index contributed by atoms with van der Waals surface area (Å²) in [4.78, 5) is 25.7. The number of ether oxygens (including phenoxy) is 1. The Labute approximate surface area is 208 Å². The molecular formula is C31H50O3. The lowest BCUT2D eigenvalue weighted by atomic mass is 9.44. The van der Waals surface area contributed by atoms with E-state index in [9.17, 15) is 9.59 Å². The van der Waals surface area contributed by atoms with Crippen molar-refractivity contribution in [2.24, 2.45) is 51.8 Å². The number of carbonyl (C=O) groups is 2. The summed E-state index contributed by atoms with van der Waals surface area (Å²) in [5.41, 5.74) is 3.93. The third-order valence-corrected chi connectivity index (χ3v) is 11.8. The Morgan fingerprint density at radius 1 is 1.03 bits per heavy atom. The summed E-state index contributed by atoms with van der Waals surface area (Å²) < 4.78 is 5.09. The van der Waals surface area contributed by atoms with Crippen LogP contribution in [0.5, 0.6) is 0 Å². The number of Topliss-reactive ketones (excluding diaryl/α,β-unsaturated/α-hetero) is 1. The summed E-state index contributed by atoms with van der Waals surface area (Å²) in [6.45, 7) is 16.9. The SMILES string of the molecule is COC(=O)[C@@H]1C[C@]2(C)C3=C(CC[C@H]2[C@H](C)C1=O)[C@]1(C)CC[C@@H]([C@@H](C)CCCC(C)C)[C@@]1(C)CC3. The number of hydrogen-bond donors (Lipinski definition) is 0. The van der Waals surface area contributed by atoms with Crippen molar-refractivity contribution in [1.82, 2.24) is 0 Å². The van der Waals surface area contributed by atoms with Crippen LogP contribution in [0.15, 0.2) is 11.1 Å². The van der Waals surface area contributed by atoms with Crippen molar-refractivity contribution in [3.63, 3.8) is 0 Å². The maximum atomic E-state index is 13.1. The highest BCUT2D eigenvalue weighted by molar-refractivity contribution is 6.01. The van der Waals surface area contributed by atoms with Gasteiger partial charge in [-0.15, -0.1) is 0 Å². The largest absolute Gasteiger partial charge is 0.468 e. The maximum Gasteiger partial charge on any atom is 0.316 e. The minimum atomic E-state index is -0.591. The lowest BCUT2D eigenvalue weighted by Crippen LogP contribution is -2.54. The predicted octanol–water partition coefficient (Wildman–Crippen LogP) is 7.78. The third-order valence-electron chi connectivity index (χ3n) is 11.8. The number of ketones is 1. The van der Waals surface area contributed by atoms with Gasteiger partial charge in [-0.2, -0.15) is 0 Å². The average molecular weight is 471 g/mol. The Balaban J connectivity index is 1.65. The number of esters is 1. The number of methoxy groups -OCH3 is 1. The van der Waals surface area contributed by atoms with Gasteiger partial charge in [0.25, 0.3) is 0 Å². The number of fused-ring (bicyclic) bond motifs is 4. The fraction of sp³-hybridized carbons (Fsp3) is 0.871. The van der Waals surface area contributed by atoms with E-state index in [0.29, 0.717) is 17.8 Å². The molecule has 0 aromatic carbocycles. The molecule has 0 heterocycles. The van der Waals surface area contributed by atoms with E-state index in [0.717, 1.165) is 37.0 Å². The lowest BCUT2D eigenvalue weighted by Gasteiger charge is -2.59. The molecule has 4 aliphatic carbocycles. The molecule has 4 rings (SSSR count). The van der Waals surface area contributed by atoms with E-state index < -0.39 is 5.92 Å². The van der Waals surface area contributed by atoms with Gasteiger partial charge in [-0.3, -0.25) is 9.59 Å². The molecule has 0 unspecified atom stereocenters. The number of hydrogen-bond acceptors (Lipinski definition) is 3. The highest BCUT2D eigenvalue weighted by Crippen LogP contribution is 2.71. The zero-order valence-electron chi connectivity index (χ0n) is 23.3. The van der Waals surface area contributed by atoms with Gasteiger partial charge in [-0.1, -0.05) is 78.9 Å². The van der Waals surface area contributed by atoms with E-state index in [4.69, 9.17) is 4.74 Å². The second-order valence-electron chi connectivity index (χ2n) is 13.7. The first kappa shape index (κ1) is 26.0. The van der Waals surface area contributed by atoms with Gasteiger partial charge < -0.3 is 4.74 Å². The number of allylic oxidation sites excluding steroid dienone is 2. The Kier molecular flexibility index (Phi) is 6.93. The fourth-order valence-electron chi connectivity index (χ4n) is 9.60. The van der Waals surface area contributed by atoms with Crippen LogP contribution in [0.4, 0.5) is 0 Å². The molecule has 2 saturated carbocycles. The summed E-state index contributed by atoms with van der Waals surface area (Å²) in [6.07, 6.45) is 12.0. The van der Waals surface area contributed by atoms with E-state index >= 15 is 0 Å². The van der Waals surface area contributed by atoms with Crippen LogP contribution in [0, 0.1) is 51.8 Å². The van der Waals surface area contributed by atoms with Crippen LogP contribution in [-0.4, -0.2) is 18.9 Å². The van der Waals surface area contributed by atoms with Crippen LogP contribution in [0.3, 0.4) is 0 Å². The van der Waals surface area contributed by atoms with Crippen molar-refractivity contribution >= 4 is 11.8 Å². The van der Waals surface area contributed by atoms with Crippen molar-refractivity contribution in [3.05, 3.63) is 11.1 Å². The molecule has 192 valence electrons. The van der Waals surface area contributed by atoms with Gasteiger partial charge in [0.05, 0.1) is 7.11 Å². The average Bonchev–Trinajstić information content (AvgIpc) is 3.07. The van der Waals surface area contributed by atoms with E-state index in [1.165, 1.54) is 45.6 Å². The van der Waals surface area contributed by atoms with Crippen molar-refractivity contribution in [2.75, 3.05) is 7.11 Å². The summed E-state index contributed by atoms with van der Waals surface area (Å²) >= 11 is 0. The normalized spacial score (nSPS) is 42.8. The van der Waals surface area contributed by atoms with Crippen LogP contribution in [-0.2, 0) is 14.3 Å². The molecule has 4 aliphatic rings. The predicted molar refractivity (Wildman–Crippen MR) is 138 cm³/mol. The topological polar surface area (TPSA) is 43.4 Å². The monoisotopic (exact) mass is 470 g/mol. The summed E-state index contributed by atoms with van der Waals surface area (Å²) in [6, 6.07) is 0. The molecule has 0 bridgehead atoms.